The number of aryl methyl sites for hydroxylation is 1. The number of rotatable bonds is 7. The van der Waals surface area contributed by atoms with Gasteiger partial charge in [-0.05, 0) is 55.8 Å². The van der Waals surface area contributed by atoms with Gasteiger partial charge in [0, 0.05) is 16.3 Å². The van der Waals surface area contributed by atoms with Crippen LogP contribution in [0.1, 0.15) is 29.3 Å². The average Bonchev–Trinajstić information content (AvgIpc) is 2.74. The molecule has 0 aliphatic rings. The second kappa shape index (κ2) is 10.1. The lowest BCUT2D eigenvalue weighted by molar-refractivity contribution is -0.115. The van der Waals surface area contributed by atoms with Crippen LogP contribution in [0.5, 0.6) is 0 Å². The molecule has 2 N–H and O–H groups in total. The maximum atomic E-state index is 13.8. The molecule has 0 bridgehead atoms. The van der Waals surface area contributed by atoms with Crippen LogP contribution >= 0.6 is 11.8 Å². The van der Waals surface area contributed by atoms with Crippen LogP contribution in [-0.4, -0.2) is 17.1 Å². The molecule has 154 valence electrons. The van der Waals surface area contributed by atoms with Crippen LogP contribution in [0, 0.1) is 12.7 Å². The Morgan fingerprint density at radius 1 is 0.933 bits per heavy atom. The smallest absolute Gasteiger partial charge is 0.258 e. The highest BCUT2D eigenvalue weighted by molar-refractivity contribution is 8.00. The first-order chi connectivity index (χ1) is 14.5. The van der Waals surface area contributed by atoms with Crippen LogP contribution < -0.4 is 10.6 Å². The van der Waals surface area contributed by atoms with E-state index in [1.54, 1.807) is 24.3 Å². The Hall–Kier alpha value is -3.12. The Kier molecular flexibility index (Phi) is 7.25. The highest BCUT2D eigenvalue weighted by Gasteiger charge is 2.18. The van der Waals surface area contributed by atoms with E-state index in [1.807, 2.05) is 44.2 Å². The molecule has 3 aromatic rings. The molecule has 1 atom stereocenters. The van der Waals surface area contributed by atoms with Crippen LogP contribution in [0.3, 0.4) is 0 Å². The quantitative estimate of drug-likeness (QED) is 0.466. The van der Waals surface area contributed by atoms with Gasteiger partial charge in [0.1, 0.15) is 5.82 Å². The predicted octanol–water partition coefficient (Wildman–Crippen LogP) is 5.90. The zero-order valence-corrected chi connectivity index (χ0v) is 17.6. The third kappa shape index (κ3) is 5.70. The standard InChI is InChI=1S/C24H23FN2O2S/c1-3-22(24(29)26-17-13-11-16(2)12-14-17)30-19-8-6-7-18(15-19)27-23(28)20-9-4-5-10-21(20)25/h4-15,22H,3H2,1-2H3,(H,26,29)(H,27,28). The molecular formula is C24H23FN2O2S. The molecule has 3 rings (SSSR count). The third-order valence-corrected chi connectivity index (χ3v) is 5.83. The Labute approximate surface area is 179 Å². The van der Waals surface area contributed by atoms with E-state index in [-0.39, 0.29) is 16.7 Å². The molecule has 0 saturated carbocycles. The van der Waals surface area contributed by atoms with Crippen molar-refractivity contribution in [2.45, 2.75) is 30.4 Å². The highest BCUT2D eigenvalue weighted by atomic mass is 32.2. The summed E-state index contributed by atoms with van der Waals surface area (Å²) in [6.07, 6.45) is 0.647. The molecule has 0 spiro atoms. The summed E-state index contributed by atoms with van der Waals surface area (Å²) in [4.78, 5) is 25.9. The molecule has 1 unspecified atom stereocenters. The van der Waals surface area contributed by atoms with E-state index in [1.165, 1.54) is 30.0 Å². The van der Waals surface area contributed by atoms with Gasteiger partial charge in [-0.15, -0.1) is 11.8 Å². The van der Waals surface area contributed by atoms with E-state index < -0.39 is 11.7 Å². The summed E-state index contributed by atoms with van der Waals surface area (Å²) in [6.45, 7) is 3.95. The van der Waals surface area contributed by atoms with Crippen molar-refractivity contribution in [3.63, 3.8) is 0 Å². The molecule has 0 fully saturated rings. The fourth-order valence-electron chi connectivity index (χ4n) is 2.84. The minimum atomic E-state index is -0.570. The summed E-state index contributed by atoms with van der Waals surface area (Å²) in [5.41, 5.74) is 2.42. The van der Waals surface area contributed by atoms with Crippen LogP contribution in [0.2, 0.25) is 0 Å². The highest BCUT2D eigenvalue weighted by Crippen LogP contribution is 2.29. The third-order valence-electron chi connectivity index (χ3n) is 4.47. The number of thioether (sulfide) groups is 1. The summed E-state index contributed by atoms with van der Waals surface area (Å²) >= 11 is 1.42. The Morgan fingerprint density at radius 2 is 1.67 bits per heavy atom. The largest absolute Gasteiger partial charge is 0.325 e. The molecule has 0 aliphatic carbocycles. The number of nitrogens with one attached hydrogen (secondary N) is 2. The second-order valence-corrected chi connectivity index (χ2v) is 8.11. The molecule has 30 heavy (non-hydrogen) atoms. The van der Waals surface area contributed by atoms with Gasteiger partial charge in [-0.1, -0.05) is 42.8 Å². The molecule has 0 heterocycles. The van der Waals surface area contributed by atoms with E-state index >= 15 is 0 Å². The van der Waals surface area contributed by atoms with Crippen molar-refractivity contribution < 1.29 is 14.0 Å². The van der Waals surface area contributed by atoms with Gasteiger partial charge in [0.2, 0.25) is 5.91 Å². The van der Waals surface area contributed by atoms with Crippen molar-refractivity contribution in [3.8, 4) is 0 Å². The Bertz CT molecular complexity index is 1040. The lowest BCUT2D eigenvalue weighted by Gasteiger charge is -2.15. The molecule has 6 heteroatoms. The van der Waals surface area contributed by atoms with Crippen LogP contribution in [0.15, 0.2) is 77.7 Å². The fourth-order valence-corrected chi connectivity index (χ4v) is 3.85. The van der Waals surface area contributed by atoms with Gasteiger partial charge >= 0.3 is 0 Å². The van der Waals surface area contributed by atoms with Crippen molar-refractivity contribution >= 4 is 35.0 Å². The van der Waals surface area contributed by atoms with E-state index in [0.717, 1.165) is 16.1 Å². The van der Waals surface area contributed by atoms with Gasteiger partial charge < -0.3 is 10.6 Å². The van der Waals surface area contributed by atoms with Crippen LogP contribution in [0.25, 0.3) is 0 Å². The molecule has 2 amide bonds. The van der Waals surface area contributed by atoms with E-state index in [9.17, 15) is 14.0 Å². The normalized spacial score (nSPS) is 11.6. The van der Waals surface area contributed by atoms with E-state index in [2.05, 4.69) is 10.6 Å². The number of anilines is 2. The zero-order valence-electron chi connectivity index (χ0n) is 16.8. The van der Waals surface area contributed by atoms with Gasteiger partial charge in [-0.25, -0.2) is 4.39 Å². The molecule has 3 aromatic carbocycles. The summed E-state index contributed by atoms with van der Waals surface area (Å²) in [5, 5.41) is 5.37. The summed E-state index contributed by atoms with van der Waals surface area (Å²) < 4.78 is 13.8. The number of amides is 2. The minimum Gasteiger partial charge on any atom is -0.325 e. The Morgan fingerprint density at radius 3 is 2.37 bits per heavy atom. The van der Waals surface area contributed by atoms with Gasteiger partial charge in [0.05, 0.1) is 10.8 Å². The first-order valence-electron chi connectivity index (χ1n) is 9.66. The maximum Gasteiger partial charge on any atom is 0.258 e. The van der Waals surface area contributed by atoms with Crippen molar-refractivity contribution in [2.24, 2.45) is 0 Å². The number of hydrogen-bond donors (Lipinski definition) is 2. The van der Waals surface area contributed by atoms with E-state index in [4.69, 9.17) is 0 Å². The topological polar surface area (TPSA) is 58.2 Å². The first kappa shape index (κ1) is 21.6. The van der Waals surface area contributed by atoms with Crippen LogP contribution in [0.4, 0.5) is 15.8 Å². The van der Waals surface area contributed by atoms with Gasteiger partial charge in [0.15, 0.2) is 0 Å². The minimum absolute atomic E-state index is 0.0144. The van der Waals surface area contributed by atoms with E-state index in [0.29, 0.717) is 12.1 Å². The van der Waals surface area contributed by atoms with Crippen molar-refractivity contribution in [2.75, 3.05) is 10.6 Å². The zero-order chi connectivity index (χ0) is 21.5. The molecule has 0 aromatic heterocycles. The maximum absolute atomic E-state index is 13.8. The van der Waals surface area contributed by atoms with Gasteiger partial charge in [-0.2, -0.15) is 0 Å². The number of carbonyl (C=O) groups is 2. The molecule has 0 saturated heterocycles. The Balaban J connectivity index is 1.67. The number of benzene rings is 3. The summed E-state index contributed by atoms with van der Waals surface area (Å²) in [5.74, 6) is -1.16. The lowest BCUT2D eigenvalue weighted by Crippen LogP contribution is -2.24. The van der Waals surface area contributed by atoms with Crippen molar-refractivity contribution in [1.29, 1.82) is 0 Å². The first-order valence-corrected chi connectivity index (χ1v) is 10.5. The molecular weight excluding hydrogens is 399 g/mol. The monoisotopic (exact) mass is 422 g/mol. The fraction of sp³-hybridized carbons (Fsp3) is 0.167. The number of carbonyl (C=O) groups excluding carboxylic acids is 2. The van der Waals surface area contributed by atoms with Crippen molar-refractivity contribution in [1.82, 2.24) is 0 Å². The second-order valence-electron chi connectivity index (χ2n) is 6.83. The van der Waals surface area contributed by atoms with Crippen molar-refractivity contribution in [3.05, 3.63) is 89.7 Å². The summed E-state index contributed by atoms with van der Waals surface area (Å²) in [7, 11) is 0. The lowest BCUT2D eigenvalue weighted by atomic mass is 10.2. The summed E-state index contributed by atoms with van der Waals surface area (Å²) in [6, 6.07) is 20.7. The van der Waals surface area contributed by atoms with Gasteiger partial charge in [0.25, 0.3) is 5.91 Å². The predicted molar refractivity (Wildman–Crippen MR) is 121 cm³/mol. The van der Waals surface area contributed by atoms with Gasteiger partial charge in [-0.3, -0.25) is 9.59 Å². The average molecular weight is 423 g/mol. The van der Waals surface area contributed by atoms with Crippen LogP contribution in [-0.2, 0) is 4.79 Å². The molecule has 0 aliphatic heterocycles. The number of hydrogen-bond acceptors (Lipinski definition) is 3. The molecule has 0 radical (unpaired) electrons. The molecule has 4 nitrogen and oxygen atoms in total. The SMILES string of the molecule is CCC(Sc1cccc(NC(=O)c2ccccc2F)c1)C(=O)Nc1ccc(C)cc1. The number of halogens is 1.